The maximum absolute atomic E-state index is 14.4. The minimum absolute atomic E-state index is 0. The van der Waals surface area contributed by atoms with Gasteiger partial charge >= 0.3 is 24.4 Å². The zero-order valence-electron chi connectivity index (χ0n) is 54.8. The molecule has 8 amide bonds. The summed E-state index contributed by atoms with van der Waals surface area (Å²) in [4.78, 5) is 114. The zero-order chi connectivity index (χ0) is 67.5. The van der Waals surface area contributed by atoms with Crippen LogP contribution in [0, 0.1) is 23.5 Å². The first kappa shape index (κ1) is 74.4. The lowest BCUT2D eigenvalue weighted by Gasteiger charge is -2.30. The summed E-state index contributed by atoms with van der Waals surface area (Å²) < 4.78 is 76.9. The van der Waals surface area contributed by atoms with E-state index in [1.54, 1.807) is 65.8 Å². The van der Waals surface area contributed by atoms with Crippen molar-refractivity contribution < 1.29 is 79.6 Å². The van der Waals surface area contributed by atoms with Crippen LogP contribution in [0.2, 0.25) is 0 Å². The Morgan fingerprint density at radius 1 is 0.615 bits per heavy atom. The monoisotopic (exact) mass is 1360 g/mol. The number of sulfone groups is 1. The van der Waals surface area contributed by atoms with Crippen LogP contribution in [0.15, 0.2) is 60.7 Å². The number of carbonyl (C=O) groups excluding carboxylic acids is 8. The van der Waals surface area contributed by atoms with E-state index in [0.717, 1.165) is 38.5 Å². The second kappa shape index (κ2) is 30.6. The van der Waals surface area contributed by atoms with Gasteiger partial charge in [0.15, 0.2) is 9.84 Å². The summed E-state index contributed by atoms with van der Waals surface area (Å²) in [6, 6.07) is 5.42. The number of amides is 8. The molecule has 2 aromatic carbocycles. The highest BCUT2D eigenvalue weighted by atomic mass is 32.2. The second-order valence-corrected chi connectivity index (χ2v) is 31.3. The number of aliphatic hydroxyl groups is 1. The van der Waals surface area contributed by atoms with Crippen LogP contribution in [-0.4, -0.2) is 170 Å². The van der Waals surface area contributed by atoms with Gasteiger partial charge in [-0.05, 0) is 135 Å². The molecule has 3 saturated carbocycles. The van der Waals surface area contributed by atoms with Gasteiger partial charge in [-0.3, -0.25) is 29.0 Å². The maximum Gasteiger partial charge on any atom is 0.410 e. The van der Waals surface area contributed by atoms with Gasteiger partial charge < -0.3 is 55.1 Å². The van der Waals surface area contributed by atoms with Crippen molar-refractivity contribution in [2.75, 3.05) is 25.4 Å². The number of aliphatic hydroxyl groups excluding tert-OH is 1. The Morgan fingerprint density at radius 2 is 1.04 bits per heavy atom. The number of allylic oxidation sites excluding steroid dienone is 2. The van der Waals surface area contributed by atoms with Gasteiger partial charge in [0.25, 0.3) is 0 Å². The van der Waals surface area contributed by atoms with Crippen LogP contribution in [-0.2, 0) is 74.1 Å². The van der Waals surface area contributed by atoms with E-state index in [1.807, 2.05) is 6.08 Å². The van der Waals surface area contributed by atoms with E-state index in [0.29, 0.717) is 73.6 Å². The van der Waals surface area contributed by atoms with Gasteiger partial charge in [-0.15, -0.1) is 0 Å². The molecule has 96 heavy (non-hydrogen) atoms. The average molecular weight is 1360 g/mol. The molecule has 2 saturated heterocycles. The fourth-order valence-electron chi connectivity index (χ4n) is 13.7. The van der Waals surface area contributed by atoms with E-state index in [2.05, 4.69) is 39.5 Å². The second-order valence-electron chi connectivity index (χ2n) is 28.9. The zero-order valence-corrected chi connectivity index (χ0v) is 55.6. The Kier molecular flexibility index (Phi) is 23.7. The highest BCUT2D eigenvalue weighted by molar-refractivity contribution is 7.92. The van der Waals surface area contributed by atoms with Gasteiger partial charge in [-0.1, -0.05) is 89.1 Å². The van der Waals surface area contributed by atoms with Crippen molar-refractivity contribution in [3.8, 4) is 0 Å². The van der Waals surface area contributed by atoms with Crippen molar-refractivity contribution in [2.45, 2.75) is 256 Å². The third-order valence-corrected chi connectivity index (χ3v) is 21.5. The number of nitrogens with one attached hydrogen (secondary N) is 4. The molecule has 23 nitrogen and oxygen atoms in total. The van der Waals surface area contributed by atoms with E-state index in [9.17, 15) is 60.7 Å². The largest absolute Gasteiger partial charge is 0.444 e. The number of benzene rings is 2. The van der Waals surface area contributed by atoms with E-state index in [1.165, 1.54) is 31.7 Å². The molecule has 5 fully saturated rings. The summed E-state index contributed by atoms with van der Waals surface area (Å²) in [5.41, 5.74) is -0.883. The van der Waals surface area contributed by atoms with Crippen LogP contribution in [0.5, 0.6) is 0 Å². The maximum atomic E-state index is 14.4. The first-order chi connectivity index (χ1) is 44.5. The predicted molar refractivity (Wildman–Crippen MR) is 353 cm³/mol. The van der Waals surface area contributed by atoms with Crippen molar-refractivity contribution in [1.82, 2.24) is 40.9 Å². The molecule has 11 rings (SSSR count). The van der Waals surface area contributed by atoms with Crippen molar-refractivity contribution >= 4 is 57.8 Å². The molecule has 530 valence electrons. The Bertz CT molecular complexity index is 3390. The summed E-state index contributed by atoms with van der Waals surface area (Å²) in [5.74, 6) is -2.75. The van der Waals surface area contributed by atoms with Crippen molar-refractivity contribution in [1.29, 1.82) is 0 Å². The molecule has 2 aromatic rings. The molecule has 26 heteroatoms. The normalized spacial score (nSPS) is 29.0. The molecule has 6 heterocycles. The smallest absolute Gasteiger partial charge is 0.410 e. The van der Waals surface area contributed by atoms with E-state index < -0.39 is 122 Å². The Hall–Kier alpha value is -7.35. The standard InChI is InChI=1S/C36H49FN4O8S.C32H43FN4O7.2CH4/c1-35(2,3)49-33(44)38-29-13-8-6-4-5-7-11-24-19-36(24,16-17-50(46,47)26-14-15-26)39-31(42)30-18-25(21-41(30)32(29)43)48-34(45)40-20-23-10-9-12-28(37)27(23)22-40;1-31(2,3)44-29(41)34-25-13-8-6-4-5-7-11-21-15-32(21,19-38)35-27(39)26-14-22(17-37(26)28(25)40)43-30(42)36-16-20-10-9-12-24(33)23(20)18-36;;/h7,9-12,24-26,29-30H,4-6,8,13-22H2,1-3H3,(H,38,44)(H,39,42);7,9-12,21-22,25-26,38H,4-6,8,13-19H2,1-3H3,(H,34,41)(H,35,39);2*1H4/b2*11-7-;;/t24-,25-,29+,30+,36-;21-,22-,25+,26+,32+;;/m11../s1. The lowest BCUT2D eigenvalue weighted by Crippen LogP contribution is -2.56. The number of rotatable bonds is 9. The van der Waals surface area contributed by atoms with Crippen LogP contribution < -0.4 is 21.3 Å². The molecule has 10 atom stereocenters. The van der Waals surface area contributed by atoms with Gasteiger partial charge in [0, 0.05) is 54.4 Å². The van der Waals surface area contributed by atoms with Crippen molar-refractivity contribution in [2.24, 2.45) is 11.8 Å². The third-order valence-electron chi connectivity index (χ3n) is 19.2. The van der Waals surface area contributed by atoms with Crippen LogP contribution in [0.1, 0.15) is 188 Å². The number of hydrogen-bond donors (Lipinski definition) is 5. The van der Waals surface area contributed by atoms with E-state index in [4.69, 9.17) is 18.9 Å². The van der Waals surface area contributed by atoms with Crippen LogP contribution in [0.3, 0.4) is 0 Å². The number of nitrogens with zero attached hydrogens (tertiary/aromatic N) is 4. The summed E-state index contributed by atoms with van der Waals surface area (Å²) in [7, 11) is -3.27. The van der Waals surface area contributed by atoms with E-state index >= 15 is 0 Å². The minimum Gasteiger partial charge on any atom is -0.444 e. The van der Waals surface area contributed by atoms with Gasteiger partial charge in [-0.2, -0.15) is 0 Å². The minimum atomic E-state index is -3.27. The number of carbonyl (C=O) groups is 8. The number of hydrogen-bond acceptors (Lipinski definition) is 15. The molecule has 0 radical (unpaired) electrons. The summed E-state index contributed by atoms with van der Waals surface area (Å²) >= 11 is 0. The van der Waals surface area contributed by atoms with Crippen LogP contribution in [0.4, 0.5) is 28.0 Å². The summed E-state index contributed by atoms with van der Waals surface area (Å²) in [5, 5.41) is 21.4. The topological polar surface area (TPSA) is 289 Å². The number of fused-ring (bicyclic) bond motifs is 6. The van der Waals surface area contributed by atoms with Crippen molar-refractivity contribution in [3.05, 3.63) is 94.6 Å². The fraction of sp³-hybridized carbons (Fsp3) is 0.657. The first-order valence-electron chi connectivity index (χ1n) is 33.4. The van der Waals surface area contributed by atoms with Gasteiger partial charge in [0.05, 0.1) is 49.3 Å². The molecular weight excluding hydrogens is 1260 g/mol. The van der Waals surface area contributed by atoms with Crippen molar-refractivity contribution in [3.63, 3.8) is 0 Å². The van der Waals surface area contributed by atoms with E-state index in [-0.39, 0.29) is 109 Å². The lowest BCUT2D eigenvalue weighted by molar-refractivity contribution is -0.140. The Balaban J connectivity index is 0.000000242. The Morgan fingerprint density at radius 3 is 1.46 bits per heavy atom. The SMILES string of the molecule is C.C.CC(C)(C)OC(=O)N[C@H]1CCCCC/C=C\[C@@H]2C[C@@]2(CCS(=O)(=O)C2CC2)NC(=O)[C@@H]2C[C@@H](OC(=O)N3Cc4cccc(F)c4C3)CN2C1=O.CC(C)(C)OC(=O)N[C@H]1CCCCC/C=C\[C@@H]2C[C@@]2(CO)NC(=O)[C@@H]2C[C@@H](OC(=O)N3Cc4cccc(F)c4C3)CN2C1=O. The molecule has 5 N–H and O–H groups in total. The lowest BCUT2D eigenvalue weighted by atomic mass is 10.0. The predicted octanol–water partition coefficient (Wildman–Crippen LogP) is 9.30. The molecule has 0 bridgehead atoms. The molecule has 3 aliphatic carbocycles. The highest BCUT2D eigenvalue weighted by Gasteiger charge is 2.58. The Labute approximate surface area is 563 Å². The summed E-state index contributed by atoms with van der Waals surface area (Å²) in [6.45, 7) is 10.5. The molecule has 6 aliphatic heterocycles. The average Bonchev–Trinajstić information content (AvgIpc) is 1.60. The highest BCUT2D eigenvalue weighted by Crippen LogP contribution is 2.49. The quantitative estimate of drug-likeness (QED) is 0.115. The number of alkyl carbamates (subject to hydrolysis) is 2. The van der Waals surface area contributed by atoms with Gasteiger partial charge in [0.2, 0.25) is 23.6 Å². The number of halogens is 2. The van der Waals surface area contributed by atoms with Gasteiger partial charge in [-0.25, -0.2) is 36.4 Å². The van der Waals surface area contributed by atoms with Gasteiger partial charge in [0.1, 0.15) is 59.2 Å². The van der Waals surface area contributed by atoms with Crippen LogP contribution >= 0.6 is 0 Å². The molecular formula is C70H100F2N8O15S. The number of ether oxygens (including phenoxy) is 4. The molecule has 9 aliphatic rings. The molecule has 0 aromatic heterocycles. The third kappa shape index (κ3) is 18.4. The first-order valence-corrected chi connectivity index (χ1v) is 35.1. The summed E-state index contributed by atoms with van der Waals surface area (Å²) in [6.07, 6.45) is 13.6. The van der Waals surface area contributed by atoms with Crippen LogP contribution in [0.25, 0.3) is 0 Å². The molecule has 0 unspecified atom stereocenters. The fourth-order valence-corrected chi connectivity index (χ4v) is 15.6. The molecule has 0 spiro atoms.